The van der Waals surface area contributed by atoms with Gasteiger partial charge in [-0.05, 0) is 70.1 Å². The van der Waals surface area contributed by atoms with Crippen LogP contribution < -0.4 is 9.64 Å². The molecular formula is C35H23NO3. The molecule has 0 spiro atoms. The molecule has 2 heterocycles. The Morgan fingerprint density at radius 2 is 1.44 bits per heavy atom. The van der Waals surface area contributed by atoms with Crippen molar-refractivity contribution in [1.29, 1.82) is 0 Å². The van der Waals surface area contributed by atoms with Crippen LogP contribution >= 0.6 is 0 Å². The first kappa shape index (κ1) is 22.9. The molecule has 4 heteroatoms. The molecule has 0 saturated heterocycles. The molecule has 7 rings (SSSR count). The maximum atomic E-state index is 13.8. The molecule has 39 heavy (non-hydrogen) atoms. The number of anilines is 1. The van der Waals surface area contributed by atoms with Crippen molar-refractivity contribution >= 4 is 39.0 Å². The second-order valence-electron chi connectivity index (χ2n) is 9.71. The van der Waals surface area contributed by atoms with E-state index < -0.39 is 0 Å². The molecular weight excluding hydrogens is 482 g/mol. The van der Waals surface area contributed by atoms with Crippen molar-refractivity contribution in [3.05, 3.63) is 144 Å². The summed E-state index contributed by atoms with van der Waals surface area (Å²) in [6, 6.07) is 29.0. The molecule has 0 fully saturated rings. The predicted molar refractivity (Wildman–Crippen MR) is 156 cm³/mol. The van der Waals surface area contributed by atoms with E-state index in [0.29, 0.717) is 34.4 Å². The first-order valence-corrected chi connectivity index (χ1v) is 12.9. The van der Waals surface area contributed by atoms with Crippen LogP contribution in [-0.2, 0) is 6.42 Å². The van der Waals surface area contributed by atoms with Crippen molar-refractivity contribution in [2.24, 2.45) is 0 Å². The van der Waals surface area contributed by atoms with E-state index in [1.807, 2.05) is 97.1 Å². The second-order valence-corrected chi connectivity index (χ2v) is 9.71. The van der Waals surface area contributed by atoms with Gasteiger partial charge in [-0.25, -0.2) is 4.90 Å². The molecule has 5 aromatic rings. The van der Waals surface area contributed by atoms with Crippen LogP contribution in [0.25, 0.3) is 32.7 Å². The van der Waals surface area contributed by atoms with E-state index in [-0.39, 0.29) is 11.8 Å². The van der Waals surface area contributed by atoms with Gasteiger partial charge in [0.15, 0.2) is 0 Å². The predicted octanol–water partition coefficient (Wildman–Crippen LogP) is 8.02. The molecule has 0 saturated carbocycles. The zero-order valence-corrected chi connectivity index (χ0v) is 21.1. The van der Waals surface area contributed by atoms with Gasteiger partial charge in [-0.3, -0.25) is 9.59 Å². The lowest BCUT2D eigenvalue weighted by molar-refractivity contribution is 0.0893. The van der Waals surface area contributed by atoms with Crippen molar-refractivity contribution in [3.63, 3.8) is 0 Å². The van der Waals surface area contributed by atoms with Crippen molar-refractivity contribution in [2.45, 2.75) is 6.42 Å². The van der Waals surface area contributed by atoms with Gasteiger partial charge < -0.3 is 4.74 Å². The average molecular weight is 506 g/mol. The highest BCUT2D eigenvalue weighted by Crippen LogP contribution is 2.41. The van der Waals surface area contributed by atoms with Crippen molar-refractivity contribution in [3.8, 4) is 16.9 Å². The number of carbonyl (C=O) groups excluding carboxylic acids is 2. The smallest absolute Gasteiger partial charge is 0.265 e. The minimum Gasteiger partial charge on any atom is -0.458 e. The number of amides is 2. The Morgan fingerprint density at radius 1 is 0.692 bits per heavy atom. The summed E-state index contributed by atoms with van der Waals surface area (Å²) in [5.41, 5.74) is 4.55. The SMILES string of the molecule is C=C1/C=C\C=C/Cc2c(cccc2-c2ccc3c4c(cccc24)C(=O)N(c2ccc4ccccc4c2)C3=O)O1. The van der Waals surface area contributed by atoms with Crippen LogP contribution in [0.15, 0.2) is 128 Å². The summed E-state index contributed by atoms with van der Waals surface area (Å²) in [5, 5.41) is 3.57. The summed E-state index contributed by atoms with van der Waals surface area (Å²) in [6.45, 7) is 3.99. The van der Waals surface area contributed by atoms with Gasteiger partial charge in [0, 0.05) is 22.1 Å². The molecule has 2 aliphatic rings. The number of carbonyl (C=O) groups is 2. The lowest BCUT2D eigenvalue weighted by Gasteiger charge is -2.28. The van der Waals surface area contributed by atoms with Crippen molar-refractivity contribution in [1.82, 2.24) is 0 Å². The highest BCUT2D eigenvalue weighted by Gasteiger charge is 2.34. The number of imide groups is 1. The average Bonchev–Trinajstić information content (AvgIpc) is 3.05. The van der Waals surface area contributed by atoms with E-state index in [0.717, 1.165) is 38.6 Å². The molecule has 0 radical (unpaired) electrons. The minimum absolute atomic E-state index is 0.320. The first-order chi connectivity index (χ1) is 19.1. The number of hydrogen-bond donors (Lipinski definition) is 0. The summed E-state index contributed by atoms with van der Waals surface area (Å²) in [5.74, 6) is 0.656. The van der Waals surface area contributed by atoms with Gasteiger partial charge in [-0.2, -0.15) is 0 Å². The number of benzene rings is 5. The Labute approximate surface area is 225 Å². The number of nitrogens with zero attached hydrogens (tertiary/aromatic N) is 1. The van der Waals surface area contributed by atoms with Gasteiger partial charge in [-0.15, -0.1) is 0 Å². The topological polar surface area (TPSA) is 46.6 Å². The number of allylic oxidation sites excluding steroid dienone is 4. The van der Waals surface area contributed by atoms with Crippen LogP contribution in [0.5, 0.6) is 5.75 Å². The zero-order chi connectivity index (χ0) is 26.5. The van der Waals surface area contributed by atoms with Gasteiger partial charge in [0.2, 0.25) is 0 Å². The Balaban J connectivity index is 1.39. The van der Waals surface area contributed by atoms with Gasteiger partial charge in [0.1, 0.15) is 11.5 Å². The largest absolute Gasteiger partial charge is 0.458 e. The summed E-state index contributed by atoms with van der Waals surface area (Å²) in [4.78, 5) is 29.0. The van der Waals surface area contributed by atoms with Crippen molar-refractivity contribution in [2.75, 3.05) is 4.90 Å². The lowest BCUT2D eigenvalue weighted by atomic mass is 9.87. The van der Waals surface area contributed by atoms with E-state index in [9.17, 15) is 9.59 Å². The summed E-state index contributed by atoms with van der Waals surface area (Å²) >= 11 is 0. The highest BCUT2D eigenvalue weighted by molar-refractivity contribution is 6.36. The van der Waals surface area contributed by atoms with E-state index in [2.05, 4.69) is 18.7 Å². The van der Waals surface area contributed by atoms with Gasteiger partial charge in [-0.1, -0.05) is 85.5 Å². The Morgan fingerprint density at radius 3 is 2.31 bits per heavy atom. The second kappa shape index (κ2) is 8.96. The number of rotatable bonds is 2. The van der Waals surface area contributed by atoms with Gasteiger partial charge in [0.25, 0.3) is 11.8 Å². The molecule has 0 bridgehead atoms. The van der Waals surface area contributed by atoms with Crippen LogP contribution in [0.3, 0.4) is 0 Å². The fraction of sp³-hybridized carbons (Fsp3) is 0.0286. The standard InChI is InChI=1S/C35H23NO3/c1-22-9-3-2-4-12-28-26(13-8-16-32(28)39-22)27-19-20-31-33-29(27)14-7-15-30(33)34(37)36(35(31)38)25-18-17-23-10-5-6-11-24(23)21-25/h2-11,13-21H,1,12H2/b4-2-,9-3-. The summed E-state index contributed by atoms with van der Waals surface area (Å²) in [7, 11) is 0. The lowest BCUT2D eigenvalue weighted by Crippen LogP contribution is -2.40. The van der Waals surface area contributed by atoms with Gasteiger partial charge in [0.05, 0.1) is 5.69 Å². The zero-order valence-electron chi connectivity index (χ0n) is 21.1. The third kappa shape index (κ3) is 3.69. The molecule has 2 amide bonds. The molecule has 4 nitrogen and oxygen atoms in total. The molecule has 2 aliphatic heterocycles. The van der Waals surface area contributed by atoms with Crippen LogP contribution in [-0.4, -0.2) is 11.8 Å². The third-order valence-electron chi connectivity index (χ3n) is 7.41. The van der Waals surface area contributed by atoms with Crippen LogP contribution in [0.4, 0.5) is 5.69 Å². The van der Waals surface area contributed by atoms with E-state index >= 15 is 0 Å². The fourth-order valence-electron chi connectivity index (χ4n) is 5.61. The number of ether oxygens (including phenoxy) is 1. The highest BCUT2D eigenvalue weighted by atomic mass is 16.5. The van der Waals surface area contributed by atoms with Gasteiger partial charge >= 0.3 is 0 Å². The molecule has 0 atom stereocenters. The van der Waals surface area contributed by atoms with E-state index in [4.69, 9.17) is 4.74 Å². The maximum absolute atomic E-state index is 13.8. The summed E-state index contributed by atoms with van der Waals surface area (Å²) < 4.78 is 6.06. The Hall–Kier alpha value is -5.22. The van der Waals surface area contributed by atoms with Crippen LogP contribution in [0.1, 0.15) is 26.3 Å². The number of fused-ring (bicyclic) bond motifs is 2. The van der Waals surface area contributed by atoms with Crippen LogP contribution in [0.2, 0.25) is 0 Å². The molecule has 5 aromatic carbocycles. The molecule has 0 unspecified atom stereocenters. The number of hydrogen-bond acceptors (Lipinski definition) is 3. The van der Waals surface area contributed by atoms with Crippen molar-refractivity contribution < 1.29 is 14.3 Å². The fourth-order valence-corrected chi connectivity index (χ4v) is 5.61. The Bertz CT molecular complexity index is 1910. The molecule has 0 aliphatic carbocycles. The van der Waals surface area contributed by atoms with E-state index in [1.165, 1.54) is 4.90 Å². The molecule has 186 valence electrons. The Kier molecular flexibility index (Phi) is 5.27. The molecule has 0 aromatic heterocycles. The first-order valence-electron chi connectivity index (χ1n) is 12.9. The minimum atomic E-state index is -0.320. The monoisotopic (exact) mass is 505 g/mol. The van der Waals surface area contributed by atoms with E-state index in [1.54, 1.807) is 6.07 Å². The third-order valence-corrected chi connectivity index (χ3v) is 7.41. The van der Waals surface area contributed by atoms with Crippen LogP contribution in [0, 0.1) is 0 Å². The maximum Gasteiger partial charge on any atom is 0.265 e. The normalized spacial score (nSPS) is 16.3. The molecule has 0 N–H and O–H groups in total. The quantitative estimate of drug-likeness (QED) is 0.228. The summed E-state index contributed by atoms with van der Waals surface area (Å²) in [6.07, 6.45) is 8.48.